The molecule has 2 saturated heterocycles. The van der Waals surface area contributed by atoms with Crippen LogP contribution in [0.1, 0.15) is 31.5 Å². The van der Waals surface area contributed by atoms with Crippen molar-refractivity contribution in [1.29, 1.82) is 0 Å². The van der Waals surface area contributed by atoms with E-state index in [-0.39, 0.29) is 0 Å². The molecule has 2 fully saturated rings. The van der Waals surface area contributed by atoms with Gasteiger partial charge in [-0.2, -0.15) is 0 Å². The van der Waals surface area contributed by atoms with Crippen LogP contribution >= 0.6 is 11.6 Å². The molecule has 5 nitrogen and oxygen atoms in total. The Bertz CT molecular complexity index is 751. The molecule has 2 aliphatic heterocycles. The minimum Gasteiger partial charge on any atom is -0.342 e. The molecule has 1 aromatic carbocycles. The van der Waals surface area contributed by atoms with Gasteiger partial charge >= 0.3 is 0 Å². The minimum atomic E-state index is 0.290. The molecule has 4 rings (SSSR count). The van der Waals surface area contributed by atoms with E-state index in [9.17, 15) is 4.79 Å². The third-order valence-corrected chi connectivity index (χ3v) is 5.76. The van der Waals surface area contributed by atoms with Crippen molar-refractivity contribution >= 4 is 28.5 Å². The molecule has 1 aromatic heterocycles. The molecule has 0 bridgehead atoms. The fourth-order valence-corrected chi connectivity index (χ4v) is 4.24. The zero-order valence-electron chi connectivity index (χ0n) is 13.8. The zero-order chi connectivity index (χ0) is 16.6. The number of rotatable bonds is 3. The van der Waals surface area contributed by atoms with Gasteiger partial charge in [0.05, 0.1) is 11.0 Å². The van der Waals surface area contributed by atoms with Crippen LogP contribution in [0, 0.1) is 5.41 Å². The van der Waals surface area contributed by atoms with E-state index in [1.54, 1.807) is 0 Å². The Morgan fingerprint density at radius 1 is 1.25 bits per heavy atom. The van der Waals surface area contributed by atoms with E-state index < -0.39 is 0 Å². The van der Waals surface area contributed by atoms with Crippen molar-refractivity contribution in [2.75, 3.05) is 26.2 Å². The summed E-state index contributed by atoms with van der Waals surface area (Å²) in [7, 11) is 0. The average molecular weight is 347 g/mol. The number of imidazole rings is 1. The molecule has 128 valence electrons. The molecule has 24 heavy (non-hydrogen) atoms. The number of nitrogens with one attached hydrogen (secondary N) is 2. The predicted octanol–water partition coefficient (Wildman–Crippen LogP) is 2.75. The first kappa shape index (κ1) is 15.9. The Balaban J connectivity index is 1.44. The lowest BCUT2D eigenvalue weighted by Gasteiger charge is -2.45. The molecule has 0 unspecified atom stereocenters. The van der Waals surface area contributed by atoms with Gasteiger partial charge < -0.3 is 15.2 Å². The molecule has 0 aliphatic carbocycles. The van der Waals surface area contributed by atoms with Crippen LogP contribution in [0.15, 0.2) is 18.2 Å². The molecule has 6 heteroatoms. The lowest BCUT2D eigenvalue weighted by atomic mass is 9.73. The summed E-state index contributed by atoms with van der Waals surface area (Å²) in [6.07, 6.45) is 4.86. The van der Waals surface area contributed by atoms with Crippen molar-refractivity contribution < 1.29 is 4.79 Å². The Hall–Kier alpha value is -1.59. The van der Waals surface area contributed by atoms with Gasteiger partial charge in [-0.1, -0.05) is 11.6 Å². The Labute approximate surface area is 146 Å². The van der Waals surface area contributed by atoms with Crippen LogP contribution in [0.5, 0.6) is 0 Å². The number of hydrogen-bond donors (Lipinski definition) is 2. The first-order chi connectivity index (χ1) is 11.6. The molecule has 0 radical (unpaired) electrons. The van der Waals surface area contributed by atoms with Gasteiger partial charge in [-0.25, -0.2) is 4.98 Å². The van der Waals surface area contributed by atoms with E-state index >= 15 is 0 Å². The summed E-state index contributed by atoms with van der Waals surface area (Å²) in [5.41, 5.74) is 2.21. The maximum atomic E-state index is 12.3. The molecular weight excluding hydrogens is 324 g/mol. The van der Waals surface area contributed by atoms with E-state index in [0.29, 0.717) is 22.8 Å². The highest BCUT2D eigenvalue weighted by Crippen LogP contribution is 2.38. The number of likely N-dealkylation sites (tertiary alicyclic amines) is 1. The number of piperidine rings is 2. The number of carbonyl (C=O) groups is 1. The van der Waals surface area contributed by atoms with E-state index in [2.05, 4.69) is 20.2 Å². The number of aromatic nitrogens is 2. The number of benzene rings is 1. The molecule has 1 amide bonds. The van der Waals surface area contributed by atoms with Crippen LogP contribution < -0.4 is 5.32 Å². The summed E-state index contributed by atoms with van der Waals surface area (Å²) in [6, 6.07) is 5.67. The SMILES string of the molecule is O=C1CCC2(CCNCC2)CN1CCc1nc2ccc(Cl)cc2[nH]1. The first-order valence-corrected chi connectivity index (χ1v) is 9.14. The fraction of sp³-hybridized carbons (Fsp3) is 0.556. The summed E-state index contributed by atoms with van der Waals surface area (Å²) in [6.45, 7) is 3.79. The lowest BCUT2D eigenvalue weighted by Crippen LogP contribution is -2.51. The maximum Gasteiger partial charge on any atom is 0.222 e. The summed E-state index contributed by atoms with van der Waals surface area (Å²) in [4.78, 5) is 22.3. The molecule has 3 heterocycles. The third-order valence-electron chi connectivity index (χ3n) is 5.52. The normalized spacial score (nSPS) is 20.9. The number of aromatic amines is 1. The second-order valence-corrected chi connectivity index (χ2v) is 7.60. The predicted molar refractivity (Wildman–Crippen MR) is 95.2 cm³/mol. The van der Waals surface area contributed by atoms with Crippen LogP contribution in [-0.4, -0.2) is 47.0 Å². The quantitative estimate of drug-likeness (QED) is 0.898. The number of H-pyrrole nitrogens is 1. The summed E-state index contributed by atoms with van der Waals surface area (Å²) in [5.74, 6) is 1.21. The van der Waals surface area contributed by atoms with Crippen molar-refractivity contribution in [2.24, 2.45) is 5.41 Å². The van der Waals surface area contributed by atoms with Crippen molar-refractivity contribution in [2.45, 2.75) is 32.1 Å². The van der Waals surface area contributed by atoms with Gasteiger partial charge in [0.1, 0.15) is 5.82 Å². The maximum absolute atomic E-state index is 12.3. The number of nitrogens with zero attached hydrogens (tertiary/aromatic N) is 2. The van der Waals surface area contributed by atoms with E-state index in [0.717, 1.165) is 55.9 Å². The topological polar surface area (TPSA) is 61.0 Å². The van der Waals surface area contributed by atoms with Gasteiger partial charge in [-0.05, 0) is 56.0 Å². The number of hydrogen-bond acceptors (Lipinski definition) is 3. The van der Waals surface area contributed by atoms with Crippen LogP contribution in [0.4, 0.5) is 0 Å². The summed E-state index contributed by atoms with van der Waals surface area (Å²) < 4.78 is 0. The Kier molecular flexibility index (Phi) is 4.22. The average Bonchev–Trinajstić information content (AvgIpc) is 2.99. The molecule has 0 saturated carbocycles. The van der Waals surface area contributed by atoms with Gasteiger partial charge in [0.15, 0.2) is 0 Å². The van der Waals surface area contributed by atoms with Gasteiger partial charge in [0, 0.05) is 31.0 Å². The second kappa shape index (κ2) is 6.37. The highest BCUT2D eigenvalue weighted by Gasteiger charge is 2.39. The number of fused-ring (bicyclic) bond motifs is 1. The summed E-state index contributed by atoms with van der Waals surface area (Å²) in [5, 5.41) is 4.14. The van der Waals surface area contributed by atoms with Crippen molar-refractivity contribution in [3.63, 3.8) is 0 Å². The Morgan fingerprint density at radius 3 is 2.92 bits per heavy atom. The molecule has 2 aromatic rings. The second-order valence-electron chi connectivity index (χ2n) is 7.16. The monoisotopic (exact) mass is 346 g/mol. The van der Waals surface area contributed by atoms with Crippen molar-refractivity contribution in [3.8, 4) is 0 Å². The highest BCUT2D eigenvalue weighted by atomic mass is 35.5. The van der Waals surface area contributed by atoms with Gasteiger partial charge in [0.2, 0.25) is 5.91 Å². The van der Waals surface area contributed by atoms with Crippen LogP contribution in [-0.2, 0) is 11.2 Å². The van der Waals surface area contributed by atoms with Crippen molar-refractivity contribution in [1.82, 2.24) is 20.2 Å². The highest BCUT2D eigenvalue weighted by molar-refractivity contribution is 6.31. The lowest BCUT2D eigenvalue weighted by molar-refractivity contribution is -0.138. The van der Waals surface area contributed by atoms with Crippen LogP contribution in [0.25, 0.3) is 11.0 Å². The van der Waals surface area contributed by atoms with Gasteiger partial charge in [0.25, 0.3) is 0 Å². The molecule has 1 spiro atoms. The zero-order valence-corrected chi connectivity index (χ0v) is 14.5. The van der Waals surface area contributed by atoms with E-state index in [1.165, 1.54) is 12.8 Å². The third kappa shape index (κ3) is 3.15. The molecule has 2 aliphatic rings. The summed E-state index contributed by atoms with van der Waals surface area (Å²) >= 11 is 6.02. The minimum absolute atomic E-state index is 0.290. The molecule has 0 atom stereocenters. The van der Waals surface area contributed by atoms with Crippen LogP contribution in [0.2, 0.25) is 5.02 Å². The first-order valence-electron chi connectivity index (χ1n) is 8.76. The largest absolute Gasteiger partial charge is 0.342 e. The van der Waals surface area contributed by atoms with Crippen LogP contribution in [0.3, 0.4) is 0 Å². The standard InChI is InChI=1S/C18H23ClN4O/c19-13-1-2-14-15(11-13)22-16(21-14)4-10-23-12-18(5-3-17(23)24)6-8-20-9-7-18/h1-2,11,20H,3-10,12H2,(H,21,22). The van der Waals surface area contributed by atoms with E-state index in [1.807, 2.05) is 18.2 Å². The van der Waals surface area contributed by atoms with Gasteiger partial charge in [-0.15, -0.1) is 0 Å². The van der Waals surface area contributed by atoms with E-state index in [4.69, 9.17) is 11.6 Å². The molecular formula is C18H23ClN4O. The molecule has 2 N–H and O–H groups in total. The smallest absolute Gasteiger partial charge is 0.222 e. The van der Waals surface area contributed by atoms with Crippen molar-refractivity contribution in [3.05, 3.63) is 29.0 Å². The number of halogens is 1. The fourth-order valence-electron chi connectivity index (χ4n) is 4.07. The number of amides is 1. The Morgan fingerprint density at radius 2 is 2.08 bits per heavy atom. The number of carbonyl (C=O) groups excluding carboxylic acids is 1. The van der Waals surface area contributed by atoms with Gasteiger partial charge in [-0.3, -0.25) is 4.79 Å².